The number of thioether (sulfide) groups is 1. The van der Waals surface area contributed by atoms with Crippen molar-refractivity contribution in [3.05, 3.63) is 86.0 Å². The summed E-state index contributed by atoms with van der Waals surface area (Å²) in [6.45, 7) is 7.36. The van der Waals surface area contributed by atoms with Gasteiger partial charge in [-0.2, -0.15) is 0 Å². The summed E-state index contributed by atoms with van der Waals surface area (Å²) in [6.07, 6.45) is 1.79. The van der Waals surface area contributed by atoms with Crippen LogP contribution in [0.2, 0.25) is 10.0 Å². The number of amides is 2. The van der Waals surface area contributed by atoms with Gasteiger partial charge in [-0.3, -0.25) is 14.5 Å². The zero-order valence-corrected chi connectivity index (χ0v) is 22.3. The van der Waals surface area contributed by atoms with Crippen LogP contribution in [0.4, 0.5) is 10.5 Å². The second kappa shape index (κ2) is 10.3. The number of carbonyl (C=O) groups excluding carboxylic acids is 2. The Bertz CT molecular complexity index is 1340. The number of nitrogens with zero attached hydrogens (tertiary/aromatic N) is 3. The Kier molecular flexibility index (Phi) is 7.17. The molecular weight excluding hydrogens is 517 g/mol. The summed E-state index contributed by atoms with van der Waals surface area (Å²) < 4.78 is 7.61. The molecule has 186 valence electrons. The summed E-state index contributed by atoms with van der Waals surface area (Å²) in [5, 5.41) is 0.511. The number of hydrogen-bond acceptors (Lipinski definition) is 5. The molecule has 6 nitrogen and oxygen atoms in total. The molecule has 0 saturated carbocycles. The normalized spacial score (nSPS) is 17.5. The second-order valence-corrected chi connectivity index (χ2v) is 10.6. The second-order valence-electron chi connectivity index (χ2n) is 8.75. The smallest absolute Gasteiger partial charge is 0.293 e. The van der Waals surface area contributed by atoms with Crippen LogP contribution in [-0.4, -0.2) is 46.9 Å². The summed E-state index contributed by atoms with van der Waals surface area (Å²) in [4.78, 5) is 29.7. The van der Waals surface area contributed by atoms with Gasteiger partial charge >= 0.3 is 0 Å². The van der Waals surface area contributed by atoms with E-state index in [9.17, 15) is 9.59 Å². The van der Waals surface area contributed by atoms with Gasteiger partial charge in [0.2, 0.25) is 0 Å². The van der Waals surface area contributed by atoms with Crippen molar-refractivity contribution in [3.8, 4) is 5.69 Å². The molecule has 0 spiro atoms. The Morgan fingerprint density at radius 2 is 1.61 bits per heavy atom. The molecule has 9 heteroatoms. The molecule has 36 heavy (non-hydrogen) atoms. The van der Waals surface area contributed by atoms with E-state index in [0.717, 1.165) is 60.7 Å². The average Bonchev–Trinajstić information content (AvgIpc) is 3.30. The van der Waals surface area contributed by atoms with Crippen LogP contribution >= 0.6 is 35.0 Å². The first-order chi connectivity index (χ1) is 17.3. The average molecular weight is 542 g/mol. The van der Waals surface area contributed by atoms with E-state index in [4.69, 9.17) is 27.9 Å². The summed E-state index contributed by atoms with van der Waals surface area (Å²) in [7, 11) is 0. The molecule has 0 atom stereocenters. The van der Waals surface area contributed by atoms with Gasteiger partial charge in [0.15, 0.2) is 0 Å². The minimum atomic E-state index is -0.347. The van der Waals surface area contributed by atoms with Crippen molar-refractivity contribution in [1.29, 1.82) is 0 Å². The first-order valence-corrected chi connectivity index (χ1v) is 13.2. The summed E-state index contributed by atoms with van der Waals surface area (Å²) in [5.41, 5.74) is 5.71. The Morgan fingerprint density at radius 1 is 0.972 bits per heavy atom. The maximum absolute atomic E-state index is 13.1. The lowest BCUT2D eigenvalue weighted by Gasteiger charge is -2.29. The molecule has 2 amide bonds. The summed E-state index contributed by atoms with van der Waals surface area (Å²) in [5.74, 6) is -0.347. The van der Waals surface area contributed by atoms with Crippen molar-refractivity contribution < 1.29 is 14.3 Å². The first-order valence-electron chi connectivity index (χ1n) is 11.6. The van der Waals surface area contributed by atoms with Gasteiger partial charge in [0.1, 0.15) is 0 Å². The van der Waals surface area contributed by atoms with E-state index in [-0.39, 0.29) is 17.7 Å². The molecule has 2 aliphatic rings. The summed E-state index contributed by atoms with van der Waals surface area (Å²) >= 11 is 13.4. The van der Waals surface area contributed by atoms with Gasteiger partial charge < -0.3 is 14.2 Å². The molecule has 2 aliphatic heterocycles. The van der Waals surface area contributed by atoms with Crippen LogP contribution in [0.15, 0.2) is 53.4 Å². The molecule has 3 aromatic rings. The van der Waals surface area contributed by atoms with Gasteiger partial charge in [0.25, 0.3) is 11.1 Å². The van der Waals surface area contributed by atoms with E-state index in [1.165, 1.54) is 10.6 Å². The molecule has 2 saturated heterocycles. The van der Waals surface area contributed by atoms with Crippen LogP contribution in [0.5, 0.6) is 0 Å². The topological polar surface area (TPSA) is 54.8 Å². The highest BCUT2D eigenvalue weighted by molar-refractivity contribution is 8.18. The lowest BCUT2D eigenvalue weighted by atomic mass is 10.2. The zero-order chi connectivity index (χ0) is 25.4. The van der Waals surface area contributed by atoms with Crippen LogP contribution in [0.1, 0.15) is 22.5 Å². The van der Waals surface area contributed by atoms with Crippen LogP contribution in [0, 0.1) is 13.8 Å². The Balaban J connectivity index is 1.38. The van der Waals surface area contributed by atoms with Crippen LogP contribution in [0.3, 0.4) is 0 Å². The number of ether oxygens (including phenoxy) is 1. The number of aryl methyl sites for hydroxylation is 1. The number of benzene rings is 2. The molecule has 0 bridgehead atoms. The monoisotopic (exact) mass is 541 g/mol. The fourth-order valence-electron chi connectivity index (χ4n) is 4.58. The van der Waals surface area contributed by atoms with E-state index < -0.39 is 0 Å². The van der Waals surface area contributed by atoms with Gasteiger partial charge in [-0.25, -0.2) is 0 Å². The van der Waals surface area contributed by atoms with Gasteiger partial charge in [0, 0.05) is 51.5 Å². The number of aromatic nitrogens is 1. The van der Waals surface area contributed by atoms with E-state index in [0.29, 0.717) is 20.5 Å². The fraction of sp³-hybridized carbons (Fsp3) is 0.259. The summed E-state index contributed by atoms with van der Waals surface area (Å²) in [6, 6.07) is 15.6. The number of rotatable bonds is 5. The SMILES string of the molecule is Cc1cc(/C=C2\SC(=O)N(Cc3c(Cl)cccc3Cl)C2=O)c(C)n1-c1ccc(N2CCOCC2)cc1. The quantitative estimate of drug-likeness (QED) is 0.346. The highest BCUT2D eigenvalue weighted by Crippen LogP contribution is 2.36. The molecule has 0 radical (unpaired) electrons. The molecular formula is C27H25Cl2N3O3S. The van der Waals surface area contributed by atoms with Gasteiger partial charge in [-0.1, -0.05) is 29.3 Å². The third kappa shape index (κ3) is 4.81. The number of carbonyl (C=O) groups is 2. The van der Waals surface area contributed by atoms with Crippen molar-refractivity contribution in [2.45, 2.75) is 20.4 Å². The molecule has 2 fully saturated rings. The maximum Gasteiger partial charge on any atom is 0.293 e. The number of halogens is 2. The predicted octanol–water partition coefficient (Wildman–Crippen LogP) is 6.47. The van der Waals surface area contributed by atoms with Crippen molar-refractivity contribution in [2.75, 3.05) is 31.2 Å². The molecule has 1 aromatic heterocycles. The van der Waals surface area contributed by atoms with Crippen molar-refractivity contribution >= 4 is 57.9 Å². The Morgan fingerprint density at radius 3 is 2.28 bits per heavy atom. The van der Waals surface area contributed by atoms with Crippen LogP contribution in [-0.2, 0) is 16.1 Å². The third-order valence-electron chi connectivity index (χ3n) is 6.49. The molecule has 0 N–H and O–H groups in total. The maximum atomic E-state index is 13.1. The molecule has 0 aliphatic carbocycles. The van der Waals surface area contributed by atoms with Gasteiger partial charge in [0.05, 0.1) is 24.7 Å². The number of hydrogen-bond donors (Lipinski definition) is 0. The first kappa shape index (κ1) is 25.0. The highest BCUT2D eigenvalue weighted by Gasteiger charge is 2.36. The predicted molar refractivity (Wildman–Crippen MR) is 146 cm³/mol. The van der Waals surface area contributed by atoms with Gasteiger partial charge in [-0.15, -0.1) is 0 Å². The van der Waals surface area contributed by atoms with Crippen molar-refractivity contribution in [3.63, 3.8) is 0 Å². The van der Waals surface area contributed by atoms with Crippen molar-refractivity contribution in [1.82, 2.24) is 9.47 Å². The standard InChI is InChI=1S/C27H25Cl2N3O3S/c1-17-14-19(18(2)32(17)21-8-6-20(7-9-21)30-10-12-35-13-11-30)15-25-26(33)31(27(34)36-25)16-22-23(28)4-3-5-24(22)29/h3-9,14-15H,10-13,16H2,1-2H3/b25-15-. The zero-order valence-electron chi connectivity index (χ0n) is 20.0. The van der Waals surface area contributed by atoms with Gasteiger partial charge in [-0.05, 0) is 79.7 Å². The molecule has 2 aromatic carbocycles. The Labute approximate surface area is 224 Å². The molecule has 3 heterocycles. The third-order valence-corrected chi connectivity index (χ3v) is 8.11. The van der Waals surface area contributed by atoms with Crippen LogP contribution in [0.25, 0.3) is 11.8 Å². The Hall–Kier alpha value is -2.71. The molecule has 5 rings (SSSR count). The number of imide groups is 1. The molecule has 0 unspecified atom stereocenters. The fourth-order valence-corrected chi connectivity index (χ4v) is 5.93. The van der Waals surface area contributed by atoms with Crippen LogP contribution < -0.4 is 4.90 Å². The number of morpholine rings is 1. The van der Waals surface area contributed by atoms with E-state index in [1.807, 2.05) is 19.9 Å². The highest BCUT2D eigenvalue weighted by atomic mass is 35.5. The number of anilines is 1. The lowest BCUT2D eigenvalue weighted by Crippen LogP contribution is -2.36. The van der Waals surface area contributed by atoms with E-state index in [2.05, 4.69) is 33.7 Å². The minimum Gasteiger partial charge on any atom is -0.378 e. The largest absolute Gasteiger partial charge is 0.378 e. The minimum absolute atomic E-state index is 0.0367. The van der Waals surface area contributed by atoms with E-state index >= 15 is 0 Å². The lowest BCUT2D eigenvalue weighted by molar-refractivity contribution is -0.123. The van der Waals surface area contributed by atoms with E-state index in [1.54, 1.807) is 24.3 Å². The van der Waals surface area contributed by atoms with Crippen molar-refractivity contribution in [2.24, 2.45) is 0 Å².